The standard InChI is InChI=1S/C18H23FN4O/c1-2-3-8-21-18(24)15(13-20)14-22-9-11-23(12-10-22)17-6-4-16(19)5-7-17/h4-7,14H,2-3,8-12H2,1H3,(H,21,24)/b15-14-. The van der Waals surface area contributed by atoms with E-state index in [-0.39, 0.29) is 17.3 Å². The minimum atomic E-state index is -0.313. The van der Waals surface area contributed by atoms with Crippen LogP contribution in [0.25, 0.3) is 0 Å². The van der Waals surface area contributed by atoms with Crippen molar-refractivity contribution in [1.29, 1.82) is 5.26 Å². The van der Waals surface area contributed by atoms with Crippen LogP contribution in [0, 0.1) is 17.1 Å². The second kappa shape index (κ2) is 8.92. The second-order valence-corrected chi connectivity index (χ2v) is 5.76. The maximum atomic E-state index is 13.0. The first-order valence-corrected chi connectivity index (χ1v) is 8.28. The molecule has 0 aromatic heterocycles. The van der Waals surface area contributed by atoms with Crippen molar-refractivity contribution >= 4 is 11.6 Å². The lowest BCUT2D eigenvalue weighted by atomic mass is 10.2. The average Bonchev–Trinajstić information content (AvgIpc) is 2.61. The van der Waals surface area contributed by atoms with E-state index in [1.807, 2.05) is 17.9 Å². The fraction of sp³-hybridized carbons (Fsp3) is 0.444. The Morgan fingerprint density at radius 2 is 1.96 bits per heavy atom. The van der Waals surface area contributed by atoms with E-state index >= 15 is 0 Å². The molecule has 128 valence electrons. The first-order valence-electron chi connectivity index (χ1n) is 8.28. The van der Waals surface area contributed by atoms with Gasteiger partial charge in [-0.1, -0.05) is 13.3 Å². The summed E-state index contributed by atoms with van der Waals surface area (Å²) in [6.45, 7) is 5.59. The number of carbonyl (C=O) groups is 1. The maximum absolute atomic E-state index is 13.0. The summed E-state index contributed by atoms with van der Waals surface area (Å²) in [5.41, 5.74) is 1.12. The molecule has 1 aliphatic heterocycles. The molecule has 1 fully saturated rings. The van der Waals surface area contributed by atoms with E-state index in [2.05, 4.69) is 10.2 Å². The van der Waals surface area contributed by atoms with Crippen molar-refractivity contribution in [3.05, 3.63) is 41.9 Å². The molecule has 24 heavy (non-hydrogen) atoms. The van der Waals surface area contributed by atoms with Crippen molar-refractivity contribution in [3.8, 4) is 6.07 Å². The van der Waals surface area contributed by atoms with Crippen molar-refractivity contribution in [3.63, 3.8) is 0 Å². The number of benzene rings is 1. The molecule has 0 atom stereocenters. The number of hydrogen-bond donors (Lipinski definition) is 1. The van der Waals surface area contributed by atoms with Gasteiger partial charge in [-0.15, -0.1) is 0 Å². The predicted octanol–water partition coefficient (Wildman–Crippen LogP) is 2.27. The van der Waals surface area contributed by atoms with Crippen LogP contribution in [0.2, 0.25) is 0 Å². The van der Waals surface area contributed by atoms with Gasteiger partial charge in [0.1, 0.15) is 17.5 Å². The lowest BCUT2D eigenvalue weighted by Gasteiger charge is -2.35. The smallest absolute Gasteiger partial charge is 0.263 e. The molecule has 0 radical (unpaired) electrons. The Kier molecular flexibility index (Phi) is 6.62. The Morgan fingerprint density at radius 3 is 2.54 bits per heavy atom. The molecule has 1 saturated heterocycles. The van der Waals surface area contributed by atoms with Gasteiger partial charge in [0, 0.05) is 44.6 Å². The molecule has 1 aromatic carbocycles. The molecule has 0 unspecified atom stereocenters. The number of rotatable bonds is 6. The van der Waals surface area contributed by atoms with Gasteiger partial charge >= 0.3 is 0 Å². The molecular weight excluding hydrogens is 307 g/mol. The lowest BCUT2D eigenvalue weighted by Crippen LogP contribution is -2.44. The molecule has 1 aromatic rings. The number of piperazine rings is 1. The zero-order valence-electron chi connectivity index (χ0n) is 14.0. The summed E-state index contributed by atoms with van der Waals surface area (Å²) in [4.78, 5) is 16.1. The van der Waals surface area contributed by atoms with Crippen molar-refractivity contribution in [2.45, 2.75) is 19.8 Å². The molecule has 1 heterocycles. The van der Waals surface area contributed by atoms with Gasteiger partial charge in [-0.3, -0.25) is 4.79 Å². The molecule has 5 nitrogen and oxygen atoms in total. The Morgan fingerprint density at radius 1 is 1.29 bits per heavy atom. The average molecular weight is 330 g/mol. The fourth-order valence-corrected chi connectivity index (χ4v) is 2.56. The van der Waals surface area contributed by atoms with E-state index in [1.165, 1.54) is 12.1 Å². The van der Waals surface area contributed by atoms with Gasteiger partial charge in [0.15, 0.2) is 0 Å². The summed E-state index contributed by atoms with van der Waals surface area (Å²) in [5, 5.41) is 11.9. The van der Waals surface area contributed by atoms with Crippen LogP contribution in [0.15, 0.2) is 36.0 Å². The molecule has 6 heteroatoms. The molecule has 0 saturated carbocycles. The van der Waals surface area contributed by atoms with Crippen molar-refractivity contribution in [2.24, 2.45) is 0 Å². The van der Waals surface area contributed by atoms with Gasteiger partial charge in [-0.2, -0.15) is 5.26 Å². The second-order valence-electron chi connectivity index (χ2n) is 5.76. The third-order valence-electron chi connectivity index (χ3n) is 4.00. The van der Waals surface area contributed by atoms with Gasteiger partial charge in [0.2, 0.25) is 0 Å². The number of nitriles is 1. The molecular formula is C18H23FN4O. The zero-order valence-corrected chi connectivity index (χ0v) is 14.0. The summed E-state index contributed by atoms with van der Waals surface area (Å²) in [6, 6.07) is 8.42. The number of carbonyl (C=O) groups excluding carboxylic acids is 1. The minimum absolute atomic E-state index is 0.140. The van der Waals surface area contributed by atoms with E-state index in [0.717, 1.165) is 31.6 Å². The van der Waals surface area contributed by atoms with Crippen LogP contribution in [0.1, 0.15) is 19.8 Å². The highest BCUT2D eigenvalue weighted by Gasteiger charge is 2.17. The van der Waals surface area contributed by atoms with Crippen LogP contribution in [-0.4, -0.2) is 43.5 Å². The quantitative estimate of drug-likeness (QED) is 0.494. The van der Waals surface area contributed by atoms with E-state index in [4.69, 9.17) is 0 Å². The molecule has 1 aliphatic rings. The predicted molar refractivity (Wildman–Crippen MR) is 91.8 cm³/mol. The Labute approximate surface area is 142 Å². The maximum Gasteiger partial charge on any atom is 0.263 e. The van der Waals surface area contributed by atoms with Crippen LogP contribution in [-0.2, 0) is 4.79 Å². The van der Waals surface area contributed by atoms with Crippen LogP contribution in [0.3, 0.4) is 0 Å². The van der Waals surface area contributed by atoms with Gasteiger partial charge in [0.05, 0.1) is 0 Å². The summed E-state index contributed by atoms with van der Waals surface area (Å²) >= 11 is 0. The van der Waals surface area contributed by atoms with Gasteiger partial charge in [0.25, 0.3) is 5.91 Å². The van der Waals surface area contributed by atoms with Gasteiger partial charge in [-0.05, 0) is 30.7 Å². The summed E-state index contributed by atoms with van der Waals surface area (Å²) < 4.78 is 13.0. The third kappa shape index (κ3) is 4.98. The first kappa shape index (κ1) is 17.8. The Bertz CT molecular complexity index is 613. The number of nitrogens with one attached hydrogen (secondary N) is 1. The van der Waals surface area contributed by atoms with Gasteiger partial charge in [-0.25, -0.2) is 4.39 Å². The molecule has 1 amide bonds. The SMILES string of the molecule is CCCCNC(=O)/C(C#N)=C\N1CCN(c2ccc(F)cc2)CC1. The van der Waals surface area contributed by atoms with Crippen LogP contribution in [0.4, 0.5) is 10.1 Å². The molecule has 2 rings (SSSR count). The van der Waals surface area contributed by atoms with E-state index in [9.17, 15) is 14.4 Å². The van der Waals surface area contributed by atoms with Crippen LogP contribution >= 0.6 is 0 Å². The van der Waals surface area contributed by atoms with Gasteiger partial charge < -0.3 is 15.1 Å². The monoisotopic (exact) mass is 330 g/mol. The van der Waals surface area contributed by atoms with E-state index in [1.54, 1.807) is 18.3 Å². The van der Waals surface area contributed by atoms with Crippen molar-refractivity contribution in [1.82, 2.24) is 10.2 Å². The Balaban J connectivity index is 1.89. The largest absolute Gasteiger partial charge is 0.373 e. The highest BCUT2D eigenvalue weighted by atomic mass is 19.1. The molecule has 0 spiro atoms. The number of amides is 1. The van der Waals surface area contributed by atoms with Crippen molar-refractivity contribution < 1.29 is 9.18 Å². The molecule has 0 bridgehead atoms. The topological polar surface area (TPSA) is 59.4 Å². The van der Waals surface area contributed by atoms with Crippen LogP contribution in [0.5, 0.6) is 0 Å². The summed E-state index contributed by atoms with van der Waals surface area (Å²) in [7, 11) is 0. The van der Waals surface area contributed by atoms with Crippen molar-refractivity contribution in [2.75, 3.05) is 37.6 Å². The van der Waals surface area contributed by atoms with Crippen LogP contribution < -0.4 is 10.2 Å². The highest BCUT2D eigenvalue weighted by Crippen LogP contribution is 2.17. The third-order valence-corrected chi connectivity index (χ3v) is 4.00. The summed E-state index contributed by atoms with van der Waals surface area (Å²) in [5.74, 6) is -0.556. The fourth-order valence-electron chi connectivity index (χ4n) is 2.56. The number of halogens is 1. The number of hydrogen-bond acceptors (Lipinski definition) is 4. The van der Waals surface area contributed by atoms with E-state index in [0.29, 0.717) is 19.6 Å². The summed E-state index contributed by atoms with van der Waals surface area (Å²) in [6.07, 6.45) is 3.54. The number of nitrogens with zero attached hydrogens (tertiary/aromatic N) is 3. The highest BCUT2D eigenvalue weighted by molar-refractivity contribution is 5.97. The van der Waals surface area contributed by atoms with E-state index < -0.39 is 0 Å². The lowest BCUT2D eigenvalue weighted by molar-refractivity contribution is -0.117. The normalized spacial score (nSPS) is 15.1. The first-order chi connectivity index (χ1) is 11.6. The Hall–Kier alpha value is -2.55. The number of unbranched alkanes of at least 4 members (excludes halogenated alkanes) is 1. The number of anilines is 1. The molecule has 0 aliphatic carbocycles. The minimum Gasteiger partial charge on any atom is -0.373 e. The zero-order chi connectivity index (χ0) is 17.4. The molecule has 1 N–H and O–H groups in total.